The Hall–Kier alpha value is -3.04. The predicted molar refractivity (Wildman–Crippen MR) is 131 cm³/mol. The Labute approximate surface area is 190 Å². The zero-order valence-corrected chi connectivity index (χ0v) is 18.7. The van der Waals surface area contributed by atoms with Crippen molar-refractivity contribution in [2.24, 2.45) is 0 Å². The van der Waals surface area contributed by atoms with E-state index >= 15 is 0 Å². The molecule has 3 nitrogen and oxygen atoms in total. The zero-order valence-electron chi connectivity index (χ0n) is 18.7. The van der Waals surface area contributed by atoms with Crippen molar-refractivity contribution in [3.05, 3.63) is 94.5 Å². The molecule has 1 heterocycles. The van der Waals surface area contributed by atoms with Crippen LogP contribution in [-0.2, 0) is 12.8 Å². The van der Waals surface area contributed by atoms with Crippen molar-refractivity contribution in [3.63, 3.8) is 0 Å². The first kappa shape index (κ1) is 20.8. The number of hydrogen-bond donors (Lipinski definition) is 2. The number of fused-ring (bicyclic) bond motifs is 1. The fourth-order valence-electron chi connectivity index (χ4n) is 4.60. The molecule has 32 heavy (non-hydrogen) atoms. The van der Waals surface area contributed by atoms with Crippen LogP contribution < -0.4 is 10.1 Å². The topological polar surface area (TPSA) is 41.5 Å². The van der Waals surface area contributed by atoms with Gasteiger partial charge in [0.2, 0.25) is 0 Å². The average Bonchev–Trinajstić information content (AvgIpc) is 3.63. The molecule has 0 atom stereocenters. The number of aryl methyl sites for hydroxylation is 1. The van der Waals surface area contributed by atoms with Crippen LogP contribution in [0.3, 0.4) is 0 Å². The third kappa shape index (κ3) is 4.73. The molecule has 0 bridgehead atoms. The van der Waals surface area contributed by atoms with E-state index in [1.165, 1.54) is 46.2 Å². The van der Waals surface area contributed by atoms with Crippen molar-refractivity contribution in [2.75, 3.05) is 13.2 Å². The lowest BCUT2D eigenvalue weighted by Crippen LogP contribution is -2.19. The van der Waals surface area contributed by atoms with Gasteiger partial charge in [-0.3, -0.25) is 0 Å². The number of hydrogen-bond acceptors (Lipinski definition) is 3. The van der Waals surface area contributed by atoms with E-state index in [-0.39, 0.29) is 5.75 Å². The van der Waals surface area contributed by atoms with Crippen LogP contribution in [0.4, 0.5) is 0 Å². The van der Waals surface area contributed by atoms with E-state index in [0.29, 0.717) is 6.61 Å². The van der Waals surface area contributed by atoms with Gasteiger partial charge in [0.25, 0.3) is 0 Å². The van der Waals surface area contributed by atoms with Gasteiger partial charge in [0.1, 0.15) is 11.5 Å². The van der Waals surface area contributed by atoms with Gasteiger partial charge in [-0.15, -0.1) is 0 Å². The molecule has 164 valence electrons. The number of phenolic OH excluding ortho intramolecular Hbond substituents is 1. The first-order valence-corrected chi connectivity index (χ1v) is 11.7. The van der Waals surface area contributed by atoms with Crippen LogP contribution in [-0.4, -0.2) is 24.3 Å². The minimum Gasteiger partial charge on any atom is -0.508 e. The maximum atomic E-state index is 10.0. The predicted octanol–water partition coefficient (Wildman–Crippen LogP) is 5.93. The van der Waals surface area contributed by atoms with Gasteiger partial charge in [-0.05, 0) is 84.7 Å². The Bertz CT molecular complexity index is 1130. The minimum absolute atomic E-state index is 0.242. The normalized spacial score (nSPS) is 15.8. The Kier molecular flexibility index (Phi) is 6.00. The van der Waals surface area contributed by atoms with Crippen LogP contribution in [0.5, 0.6) is 11.5 Å². The molecule has 0 unspecified atom stereocenters. The summed E-state index contributed by atoms with van der Waals surface area (Å²) in [4.78, 5) is 0. The van der Waals surface area contributed by atoms with Crippen molar-refractivity contribution in [1.29, 1.82) is 0 Å². The van der Waals surface area contributed by atoms with Crippen LogP contribution in [0, 0.1) is 6.92 Å². The summed E-state index contributed by atoms with van der Waals surface area (Å²) in [5.41, 5.74) is 8.95. The highest BCUT2D eigenvalue weighted by atomic mass is 16.5. The monoisotopic (exact) mass is 425 g/mol. The summed E-state index contributed by atoms with van der Waals surface area (Å²) in [5, 5.41) is 13.6. The zero-order chi connectivity index (χ0) is 21.9. The molecule has 0 spiro atoms. The number of nitrogens with one attached hydrogen (secondary N) is 1. The summed E-state index contributed by atoms with van der Waals surface area (Å²) in [7, 11) is 0. The number of rotatable bonds is 7. The number of phenols is 1. The van der Waals surface area contributed by atoms with E-state index in [1.807, 2.05) is 6.07 Å². The average molecular weight is 426 g/mol. The number of benzene rings is 3. The highest BCUT2D eigenvalue weighted by molar-refractivity contribution is 5.94. The molecule has 0 amide bonds. The summed E-state index contributed by atoms with van der Waals surface area (Å²) < 4.78 is 6.07. The second kappa shape index (κ2) is 9.22. The Morgan fingerprint density at radius 1 is 0.938 bits per heavy atom. The van der Waals surface area contributed by atoms with Crippen LogP contribution in [0.2, 0.25) is 0 Å². The van der Waals surface area contributed by atoms with Crippen molar-refractivity contribution in [1.82, 2.24) is 5.32 Å². The van der Waals surface area contributed by atoms with Gasteiger partial charge in [0, 0.05) is 24.1 Å². The molecule has 1 fully saturated rings. The second-order valence-electron chi connectivity index (χ2n) is 9.02. The SMILES string of the molecule is Cc1ccccc1C1=C(Cc2ccc(CCNC3CC3)cc2)c2ccc(O)cc2OCC1. The lowest BCUT2D eigenvalue weighted by Gasteiger charge is -2.17. The summed E-state index contributed by atoms with van der Waals surface area (Å²) in [6, 6.07) is 23.9. The van der Waals surface area contributed by atoms with E-state index in [4.69, 9.17) is 4.74 Å². The molecule has 1 aliphatic heterocycles. The van der Waals surface area contributed by atoms with E-state index < -0.39 is 0 Å². The van der Waals surface area contributed by atoms with Crippen LogP contribution in [0.1, 0.15) is 47.1 Å². The maximum absolute atomic E-state index is 10.0. The molecule has 3 heteroatoms. The van der Waals surface area contributed by atoms with Crippen molar-refractivity contribution >= 4 is 11.1 Å². The summed E-state index contributed by atoms with van der Waals surface area (Å²) >= 11 is 0. The van der Waals surface area contributed by atoms with E-state index in [2.05, 4.69) is 60.8 Å². The van der Waals surface area contributed by atoms with Crippen LogP contribution in [0.25, 0.3) is 11.1 Å². The largest absolute Gasteiger partial charge is 0.508 e. The molecular formula is C29H31NO2. The van der Waals surface area contributed by atoms with Gasteiger partial charge in [0.05, 0.1) is 6.61 Å². The standard InChI is InChI=1S/C29H31NO2/c1-20-4-2-3-5-25(20)26-15-17-32-29-19-24(31)12-13-27(29)28(26)18-22-8-6-21(7-9-22)14-16-30-23-10-11-23/h2-9,12-13,19,23,30-31H,10-11,14-18H2,1H3. The molecule has 1 saturated carbocycles. The lowest BCUT2D eigenvalue weighted by atomic mass is 9.87. The van der Waals surface area contributed by atoms with Gasteiger partial charge in [-0.1, -0.05) is 48.5 Å². The number of ether oxygens (including phenoxy) is 1. The second-order valence-corrected chi connectivity index (χ2v) is 9.02. The van der Waals surface area contributed by atoms with Crippen molar-refractivity contribution < 1.29 is 9.84 Å². The molecule has 2 aliphatic rings. The maximum Gasteiger partial charge on any atom is 0.130 e. The highest BCUT2D eigenvalue weighted by Crippen LogP contribution is 2.41. The van der Waals surface area contributed by atoms with E-state index in [1.54, 1.807) is 12.1 Å². The highest BCUT2D eigenvalue weighted by Gasteiger charge is 2.22. The third-order valence-corrected chi connectivity index (χ3v) is 6.56. The molecule has 2 N–H and O–H groups in total. The van der Waals surface area contributed by atoms with E-state index in [0.717, 1.165) is 43.2 Å². The first-order chi connectivity index (χ1) is 15.7. The van der Waals surface area contributed by atoms with Crippen molar-refractivity contribution in [3.8, 4) is 11.5 Å². The molecule has 0 radical (unpaired) electrons. The van der Waals surface area contributed by atoms with Crippen LogP contribution >= 0.6 is 0 Å². The quantitative estimate of drug-likeness (QED) is 0.493. The van der Waals surface area contributed by atoms with E-state index in [9.17, 15) is 5.11 Å². The molecule has 1 aliphatic carbocycles. The fourth-order valence-corrected chi connectivity index (χ4v) is 4.60. The van der Waals surface area contributed by atoms with Gasteiger partial charge >= 0.3 is 0 Å². The first-order valence-electron chi connectivity index (χ1n) is 11.7. The smallest absolute Gasteiger partial charge is 0.130 e. The van der Waals surface area contributed by atoms with Gasteiger partial charge in [0.15, 0.2) is 0 Å². The minimum atomic E-state index is 0.242. The Balaban J connectivity index is 1.48. The molecule has 3 aromatic carbocycles. The molecule has 0 aromatic heterocycles. The summed E-state index contributed by atoms with van der Waals surface area (Å²) in [6.07, 6.45) is 5.43. The van der Waals surface area contributed by atoms with Gasteiger partial charge in [-0.2, -0.15) is 0 Å². The third-order valence-electron chi connectivity index (χ3n) is 6.56. The van der Waals surface area contributed by atoms with Gasteiger partial charge < -0.3 is 15.2 Å². The Morgan fingerprint density at radius 3 is 2.50 bits per heavy atom. The molecule has 5 rings (SSSR count). The van der Waals surface area contributed by atoms with Gasteiger partial charge in [-0.25, -0.2) is 0 Å². The summed E-state index contributed by atoms with van der Waals surface area (Å²) in [6.45, 7) is 3.84. The Morgan fingerprint density at radius 2 is 1.72 bits per heavy atom. The van der Waals surface area contributed by atoms with Crippen LogP contribution in [0.15, 0.2) is 66.7 Å². The van der Waals surface area contributed by atoms with Crippen molar-refractivity contribution in [2.45, 2.75) is 45.1 Å². The molecule has 0 saturated heterocycles. The number of allylic oxidation sites excluding steroid dienone is 1. The summed E-state index contributed by atoms with van der Waals surface area (Å²) in [5.74, 6) is 1.01. The number of aromatic hydroxyl groups is 1. The fraction of sp³-hybridized carbons (Fsp3) is 0.310. The molecular weight excluding hydrogens is 394 g/mol. The lowest BCUT2D eigenvalue weighted by molar-refractivity contribution is 0.326. The molecule has 3 aromatic rings.